The van der Waals surface area contributed by atoms with Gasteiger partial charge in [-0.15, -0.1) is 11.3 Å². The fourth-order valence-corrected chi connectivity index (χ4v) is 4.19. The first-order chi connectivity index (χ1) is 16.0. The van der Waals surface area contributed by atoms with E-state index in [4.69, 9.17) is 4.74 Å². The quantitative estimate of drug-likeness (QED) is 0.438. The predicted molar refractivity (Wildman–Crippen MR) is 127 cm³/mol. The van der Waals surface area contributed by atoms with Gasteiger partial charge in [0, 0.05) is 31.3 Å². The molecule has 4 rings (SSSR count). The third kappa shape index (κ3) is 4.98. The van der Waals surface area contributed by atoms with Crippen LogP contribution >= 0.6 is 11.3 Å². The van der Waals surface area contributed by atoms with Crippen LogP contribution in [0.4, 0.5) is 0 Å². The Morgan fingerprint density at radius 3 is 2.58 bits per heavy atom. The number of amides is 2. The molecule has 168 valence electrons. The summed E-state index contributed by atoms with van der Waals surface area (Å²) in [6.45, 7) is 2.00. The van der Waals surface area contributed by atoms with Crippen LogP contribution in [0.1, 0.15) is 21.6 Å². The van der Waals surface area contributed by atoms with Gasteiger partial charge in [0.25, 0.3) is 5.91 Å². The number of thiazole rings is 1. The number of carbonyl (C=O) groups excluding carboxylic acids is 2. The monoisotopic (exact) mass is 461 g/mol. The Labute approximate surface area is 195 Å². The Morgan fingerprint density at radius 1 is 1.09 bits per heavy atom. The second kappa shape index (κ2) is 9.74. The van der Waals surface area contributed by atoms with Crippen molar-refractivity contribution < 1.29 is 14.3 Å². The van der Waals surface area contributed by atoms with E-state index < -0.39 is 11.9 Å². The molecule has 0 spiro atoms. The van der Waals surface area contributed by atoms with E-state index in [0.29, 0.717) is 12.3 Å². The van der Waals surface area contributed by atoms with Crippen LogP contribution in [0.5, 0.6) is 5.88 Å². The first-order valence-corrected chi connectivity index (χ1v) is 11.2. The van der Waals surface area contributed by atoms with Crippen molar-refractivity contribution in [3.8, 4) is 17.0 Å². The van der Waals surface area contributed by atoms with Gasteiger partial charge >= 0.3 is 0 Å². The summed E-state index contributed by atoms with van der Waals surface area (Å²) in [6, 6.07) is 10.7. The lowest BCUT2D eigenvalue weighted by Crippen LogP contribution is -2.47. The maximum absolute atomic E-state index is 12.8. The molecule has 0 aliphatic heterocycles. The molecule has 8 nitrogen and oxygen atoms in total. The van der Waals surface area contributed by atoms with Crippen LogP contribution in [-0.2, 0) is 11.2 Å². The normalized spacial score (nSPS) is 11.7. The lowest BCUT2D eigenvalue weighted by Gasteiger charge is -2.17. The molecule has 0 radical (unpaired) electrons. The van der Waals surface area contributed by atoms with E-state index in [1.54, 1.807) is 38.1 Å². The van der Waals surface area contributed by atoms with Gasteiger partial charge < -0.3 is 15.4 Å². The minimum atomic E-state index is -0.739. The van der Waals surface area contributed by atoms with Crippen molar-refractivity contribution in [3.05, 3.63) is 71.1 Å². The summed E-state index contributed by atoms with van der Waals surface area (Å²) >= 11 is 1.43. The first kappa shape index (κ1) is 22.3. The molecule has 4 aromatic rings. The molecule has 0 aliphatic rings. The summed E-state index contributed by atoms with van der Waals surface area (Å²) in [5.41, 5.74) is 6.67. The molecule has 3 heterocycles. The van der Waals surface area contributed by atoms with Crippen molar-refractivity contribution in [2.75, 3.05) is 14.2 Å². The smallest absolute Gasteiger partial charge is 0.270 e. The second-order valence-electron chi connectivity index (χ2n) is 7.47. The zero-order chi connectivity index (χ0) is 23.4. The maximum Gasteiger partial charge on any atom is 0.270 e. The van der Waals surface area contributed by atoms with Crippen LogP contribution in [-0.4, -0.2) is 47.0 Å². The number of nitrogens with zero attached hydrogens (tertiary/aromatic N) is 3. The van der Waals surface area contributed by atoms with Gasteiger partial charge in [0.1, 0.15) is 11.7 Å². The number of fused-ring (bicyclic) bond motifs is 1. The van der Waals surface area contributed by atoms with Gasteiger partial charge in [0.2, 0.25) is 11.8 Å². The van der Waals surface area contributed by atoms with E-state index >= 15 is 0 Å². The Balaban J connectivity index is 1.50. The standard InChI is InChI=1S/C24H23N5O3S/c1-14-8-22(32-3)27-11-17(14)16-6-4-15(5-7-16)9-19(23(30)25-2)29-24(31)18-10-21-20(12-26-18)28-13-33-21/h4-8,10-13,19H,9H2,1-3H3,(H,25,30)(H,29,31)/t19-/m0/s1. The number of carbonyl (C=O) groups is 2. The number of likely N-dealkylation sites (N-methyl/N-ethyl adjacent to an activating group) is 1. The summed E-state index contributed by atoms with van der Waals surface area (Å²) in [6.07, 6.45) is 3.68. The highest BCUT2D eigenvalue weighted by atomic mass is 32.1. The van der Waals surface area contributed by atoms with Crippen LogP contribution in [0.25, 0.3) is 21.3 Å². The van der Waals surface area contributed by atoms with Gasteiger partial charge in [-0.25, -0.2) is 15.0 Å². The SMILES string of the molecule is CNC(=O)[C@H](Cc1ccc(-c2cnc(OC)cc2C)cc1)NC(=O)c1cc2scnc2cn1. The molecule has 1 atom stereocenters. The molecule has 9 heteroatoms. The highest BCUT2D eigenvalue weighted by Gasteiger charge is 2.22. The van der Waals surface area contributed by atoms with Crippen LogP contribution in [0.2, 0.25) is 0 Å². The van der Waals surface area contributed by atoms with E-state index in [-0.39, 0.29) is 11.6 Å². The number of aryl methyl sites for hydroxylation is 1. The maximum atomic E-state index is 12.8. The number of rotatable bonds is 7. The van der Waals surface area contributed by atoms with Gasteiger partial charge in [0.05, 0.1) is 29.0 Å². The number of hydrogen-bond donors (Lipinski definition) is 2. The van der Waals surface area contributed by atoms with Gasteiger partial charge in [0.15, 0.2) is 0 Å². The number of hydrogen-bond acceptors (Lipinski definition) is 7. The summed E-state index contributed by atoms with van der Waals surface area (Å²) in [4.78, 5) is 37.9. The molecular weight excluding hydrogens is 438 g/mol. The number of methoxy groups -OCH3 is 1. The Morgan fingerprint density at radius 2 is 1.88 bits per heavy atom. The van der Waals surface area contributed by atoms with E-state index in [9.17, 15) is 9.59 Å². The van der Waals surface area contributed by atoms with E-state index in [1.807, 2.05) is 37.3 Å². The third-order valence-electron chi connectivity index (χ3n) is 5.32. The van der Waals surface area contributed by atoms with Gasteiger partial charge in [-0.3, -0.25) is 9.59 Å². The molecule has 0 saturated heterocycles. The van der Waals surface area contributed by atoms with Crippen molar-refractivity contribution in [1.82, 2.24) is 25.6 Å². The Bertz CT molecular complexity index is 1300. The molecule has 0 unspecified atom stereocenters. The zero-order valence-electron chi connectivity index (χ0n) is 18.5. The topological polar surface area (TPSA) is 106 Å². The summed E-state index contributed by atoms with van der Waals surface area (Å²) < 4.78 is 6.04. The lowest BCUT2D eigenvalue weighted by molar-refractivity contribution is -0.122. The van der Waals surface area contributed by atoms with Crippen molar-refractivity contribution in [2.45, 2.75) is 19.4 Å². The number of nitrogens with one attached hydrogen (secondary N) is 2. The molecule has 0 aliphatic carbocycles. The number of benzene rings is 1. The highest BCUT2D eigenvalue weighted by Crippen LogP contribution is 2.25. The predicted octanol–water partition coefficient (Wildman–Crippen LogP) is 3.16. The number of ether oxygens (including phenoxy) is 1. The Hall–Kier alpha value is -3.85. The van der Waals surface area contributed by atoms with Gasteiger partial charge in [-0.1, -0.05) is 24.3 Å². The Kier molecular flexibility index (Phi) is 6.60. The summed E-state index contributed by atoms with van der Waals surface area (Å²) in [7, 11) is 3.14. The molecule has 3 aromatic heterocycles. The fraction of sp³-hybridized carbons (Fsp3) is 0.208. The second-order valence-corrected chi connectivity index (χ2v) is 8.36. The van der Waals surface area contributed by atoms with E-state index in [0.717, 1.165) is 32.5 Å². The van der Waals surface area contributed by atoms with Gasteiger partial charge in [-0.2, -0.15) is 0 Å². The van der Waals surface area contributed by atoms with Crippen molar-refractivity contribution in [1.29, 1.82) is 0 Å². The van der Waals surface area contributed by atoms with Crippen molar-refractivity contribution in [3.63, 3.8) is 0 Å². The molecular formula is C24H23N5O3S. The average Bonchev–Trinajstić information content (AvgIpc) is 3.31. The van der Waals surface area contributed by atoms with E-state index in [1.165, 1.54) is 11.3 Å². The van der Waals surface area contributed by atoms with Crippen LogP contribution in [0.15, 0.2) is 54.3 Å². The first-order valence-electron chi connectivity index (χ1n) is 10.3. The van der Waals surface area contributed by atoms with Crippen LogP contribution < -0.4 is 15.4 Å². The van der Waals surface area contributed by atoms with E-state index in [2.05, 4.69) is 25.6 Å². The zero-order valence-corrected chi connectivity index (χ0v) is 19.3. The van der Waals surface area contributed by atoms with Crippen LogP contribution in [0.3, 0.4) is 0 Å². The van der Waals surface area contributed by atoms with Crippen LogP contribution in [0, 0.1) is 6.92 Å². The number of pyridine rings is 2. The largest absolute Gasteiger partial charge is 0.481 e. The summed E-state index contributed by atoms with van der Waals surface area (Å²) in [5, 5.41) is 5.43. The highest BCUT2D eigenvalue weighted by molar-refractivity contribution is 7.16. The molecule has 0 saturated carbocycles. The minimum Gasteiger partial charge on any atom is -0.481 e. The summed E-state index contributed by atoms with van der Waals surface area (Å²) in [5.74, 6) is -0.113. The molecule has 2 N–H and O–H groups in total. The number of aromatic nitrogens is 3. The molecule has 1 aromatic carbocycles. The van der Waals surface area contributed by atoms with Gasteiger partial charge in [-0.05, 0) is 29.7 Å². The fourth-order valence-electron chi connectivity index (χ4n) is 3.50. The molecule has 0 bridgehead atoms. The van der Waals surface area contributed by atoms with Crippen molar-refractivity contribution in [2.24, 2.45) is 0 Å². The third-order valence-corrected chi connectivity index (χ3v) is 6.11. The molecule has 0 fully saturated rings. The minimum absolute atomic E-state index is 0.249. The molecule has 2 amide bonds. The molecule has 33 heavy (non-hydrogen) atoms. The van der Waals surface area contributed by atoms with Crippen molar-refractivity contribution >= 4 is 33.4 Å². The average molecular weight is 462 g/mol. The lowest BCUT2D eigenvalue weighted by atomic mass is 9.99.